The smallest absolute Gasteiger partial charge is 0.171 e. The molecule has 0 fully saturated rings. The van der Waals surface area contributed by atoms with Gasteiger partial charge in [-0.15, -0.1) is 35.9 Å². The molecule has 39 heavy (non-hydrogen) atoms. The Balaban J connectivity index is 0. The standard InChI is InChI=1S/C15H13.C13H21.C6H5.CH3.CH2.2ClH.Zr/c1-10-3-5-14-12(7-10)9-13-8-11(2)4-6-15(13)14;1-5-6-7-11-8-9-12(10-11)13(2,3)4;1-2-4-6-5-3-1;;;;;/h3-7H,9H2,1-2H3;9-11H,5-7H2,1-4H3;1-5H;1H3;1H2;2*1H;/q4*-1;;;;. The molecule has 0 nitrogen and oxygen atoms in total. The molecule has 0 radical (unpaired) electrons. The molecule has 3 heteroatoms. The number of hydrogen-bond donors (Lipinski definition) is 0. The summed E-state index contributed by atoms with van der Waals surface area (Å²) in [4.78, 5) is 0. The number of rotatable bonds is 3. The second-order valence-electron chi connectivity index (χ2n) is 10.4. The topological polar surface area (TPSA) is 0 Å². The molecular formula is C36H46Cl2Zr-4. The minimum absolute atomic E-state index is 0. The Morgan fingerprint density at radius 1 is 0.949 bits per heavy atom. The number of allylic oxidation sites excluding steroid dienone is 4. The van der Waals surface area contributed by atoms with Gasteiger partial charge >= 0.3 is 28.4 Å². The van der Waals surface area contributed by atoms with Gasteiger partial charge in [-0.25, -0.2) is 6.08 Å². The van der Waals surface area contributed by atoms with Crippen LogP contribution in [-0.2, 0) is 30.7 Å². The zero-order chi connectivity index (χ0) is 26.6. The fourth-order valence-electron chi connectivity index (χ4n) is 4.28. The van der Waals surface area contributed by atoms with Crippen LogP contribution < -0.4 is 0 Å². The van der Waals surface area contributed by atoms with Gasteiger partial charge in [0.1, 0.15) is 0 Å². The van der Waals surface area contributed by atoms with E-state index in [0.29, 0.717) is 11.3 Å². The molecule has 212 valence electrons. The summed E-state index contributed by atoms with van der Waals surface area (Å²) in [6, 6.07) is 27.0. The van der Waals surface area contributed by atoms with Crippen molar-refractivity contribution in [2.24, 2.45) is 11.3 Å². The van der Waals surface area contributed by atoms with Gasteiger partial charge in [0.05, 0.1) is 0 Å². The Kier molecular flexibility index (Phi) is 20.7. The molecule has 0 aromatic heterocycles. The summed E-state index contributed by atoms with van der Waals surface area (Å²) >= 11 is 1.30. The van der Waals surface area contributed by atoms with E-state index in [9.17, 15) is 0 Å². The van der Waals surface area contributed by atoms with E-state index in [0.717, 1.165) is 6.42 Å². The Morgan fingerprint density at radius 2 is 1.59 bits per heavy atom. The normalized spacial score (nSPS) is 13.5. The summed E-state index contributed by atoms with van der Waals surface area (Å²) in [6.07, 6.45) is 12.9. The van der Waals surface area contributed by atoms with Gasteiger partial charge < -0.3 is 7.43 Å². The third-order valence-electron chi connectivity index (χ3n) is 6.27. The summed E-state index contributed by atoms with van der Waals surface area (Å²) in [5, 5.41) is 0. The van der Waals surface area contributed by atoms with Crippen LogP contribution in [0.4, 0.5) is 0 Å². The molecular weight excluding hydrogens is 595 g/mol. The van der Waals surface area contributed by atoms with E-state index in [1.54, 1.807) is 0 Å². The third-order valence-corrected chi connectivity index (χ3v) is 6.27. The number of fused-ring (bicyclic) bond motifs is 3. The summed E-state index contributed by atoms with van der Waals surface area (Å²) in [6.45, 7) is 13.3. The fourth-order valence-corrected chi connectivity index (χ4v) is 4.28. The number of benzene rings is 3. The molecule has 2 aliphatic rings. The number of halogens is 2. The van der Waals surface area contributed by atoms with Gasteiger partial charge in [0.2, 0.25) is 0 Å². The van der Waals surface area contributed by atoms with Crippen LogP contribution in [0.5, 0.6) is 0 Å². The molecule has 1 unspecified atom stereocenters. The predicted octanol–water partition coefficient (Wildman–Crippen LogP) is 10.6. The van der Waals surface area contributed by atoms with Crippen molar-refractivity contribution in [3.8, 4) is 11.1 Å². The molecule has 3 aromatic rings. The SMILES string of the molecule is CCCCC1[C-]=CC(C(C)(C)C)=C1.Cc1[c-]c2c(cc1)-c1ccc(C)cc1C2.Cl.Cl.[CH2]=[Zr].[CH3-].[c-]1ccccc1. The number of unbranched alkanes of at least 4 members (excludes halogenated alkanes) is 1. The fraction of sp³-hybridized carbons (Fsp3) is 0.333. The molecule has 0 saturated heterocycles. The van der Waals surface area contributed by atoms with E-state index in [1.807, 2.05) is 30.3 Å². The van der Waals surface area contributed by atoms with Crippen LogP contribution in [0.2, 0.25) is 0 Å². The average molecular weight is 641 g/mol. The van der Waals surface area contributed by atoms with Crippen molar-refractivity contribution in [3.63, 3.8) is 0 Å². The van der Waals surface area contributed by atoms with E-state index < -0.39 is 0 Å². The molecule has 0 N–H and O–H groups in total. The molecule has 3 aromatic carbocycles. The summed E-state index contributed by atoms with van der Waals surface area (Å²) < 4.78 is 3.34. The molecule has 5 rings (SSSR count). The van der Waals surface area contributed by atoms with Crippen LogP contribution in [-0.4, -0.2) is 4.21 Å². The number of hydrogen-bond acceptors (Lipinski definition) is 0. The quantitative estimate of drug-likeness (QED) is 0.196. The molecule has 0 amide bonds. The minimum atomic E-state index is 0. The van der Waals surface area contributed by atoms with Gasteiger partial charge in [-0.05, 0) is 18.9 Å². The molecule has 2 aliphatic carbocycles. The van der Waals surface area contributed by atoms with Crippen LogP contribution in [0.25, 0.3) is 11.1 Å². The summed E-state index contributed by atoms with van der Waals surface area (Å²) in [7, 11) is 0. The maximum absolute atomic E-state index is 3.45. The van der Waals surface area contributed by atoms with Crippen LogP contribution >= 0.6 is 24.8 Å². The van der Waals surface area contributed by atoms with E-state index in [-0.39, 0.29) is 32.2 Å². The van der Waals surface area contributed by atoms with Crippen LogP contribution in [0.1, 0.15) is 69.2 Å². The Bertz CT molecular complexity index is 1060. The first-order valence-electron chi connectivity index (χ1n) is 13.0. The van der Waals surface area contributed by atoms with E-state index in [4.69, 9.17) is 0 Å². The van der Waals surface area contributed by atoms with Gasteiger partial charge in [-0.3, -0.25) is 6.08 Å². The Morgan fingerprint density at radius 3 is 2.10 bits per heavy atom. The zero-order valence-corrected chi connectivity index (χ0v) is 28.9. The van der Waals surface area contributed by atoms with Crippen LogP contribution in [0.15, 0.2) is 78.4 Å². The first-order chi connectivity index (χ1) is 17.3. The van der Waals surface area contributed by atoms with Crippen LogP contribution in [0, 0.1) is 50.8 Å². The van der Waals surface area contributed by atoms with Gasteiger partial charge in [0, 0.05) is 0 Å². The van der Waals surface area contributed by atoms with Crippen molar-refractivity contribution in [2.45, 2.75) is 67.2 Å². The molecule has 0 saturated carbocycles. The van der Waals surface area contributed by atoms with E-state index >= 15 is 0 Å². The monoisotopic (exact) mass is 638 g/mol. The van der Waals surface area contributed by atoms with E-state index in [1.165, 1.54) is 82.5 Å². The average Bonchev–Trinajstić information content (AvgIpc) is 3.50. The first-order valence-corrected chi connectivity index (χ1v) is 14.7. The zero-order valence-electron chi connectivity index (χ0n) is 24.9. The second-order valence-corrected chi connectivity index (χ2v) is 10.4. The largest absolute Gasteiger partial charge is 0.358 e. The Labute approximate surface area is 267 Å². The third kappa shape index (κ3) is 13.1. The molecule has 0 bridgehead atoms. The van der Waals surface area contributed by atoms with Gasteiger partial charge in [0.25, 0.3) is 0 Å². The predicted molar refractivity (Wildman–Crippen MR) is 175 cm³/mol. The summed E-state index contributed by atoms with van der Waals surface area (Å²) in [5.41, 5.74) is 9.91. The van der Waals surface area contributed by atoms with Gasteiger partial charge in [0.15, 0.2) is 0 Å². The molecule has 0 spiro atoms. The van der Waals surface area contributed by atoms with Crippen LogP contribution in [0.3, 0.4) is 0 Å². The van der Waals surface area contributed by atoms with Crippen molar-refractivity contribution < 1.29 is 24.2 Å². The van der Waals surface area contributed by atoms with Crippen molar-refractivity contribution >= 4 is 29.0 Å². The van der Waals surface area contributed by atoms with Crippen molar-refractivity contribution in [1.82, 2.24) is 0 Å². The van der Waals surface area contributed by atoms with E-state index in [2.05, 4.69) is 106 Å². The number of aryl methyl sites for hydroxylation is 2. The summed E-state index contributed by atoms with van der Waals surface area (Å²) in [5.74, 6) is 0.592. The minimum Gasteiger partial charge on any atom is -0.358 e. The maximum Gasteiger partial charge on any atom is -0.171 e. The molecule has 0 aliphatic heterocycles. The van der Waals surface area contributed by atoms with Gasteiger partial charge in [-0.1, -0.05) is 94.5 Å². The van der Waals surface area contributed by atoms with Crippen molar-refractivity contribution in [1.29, 1.82) is 0 Å². The van der Waals surface area contributed by atoms with Crippen molar-refractivity contribution in [2.75, 3.05) is 0 Å². The van der Waals surface area contributed by atoms with Crippen molar-refractivity contribution in [3.05, 3.63) is 126 Å². The second kappa shape index (κ2) is 20.4. The Hall–Kier alpha value is -1.53. The molecule has 1 atom stereocenters. The van der Waals surface area contributed by atoms with Gasteiger partial charge in [-0.2, -0.15) is 71.8 Å². The maximum atomic E-state index is 3.45. The first kappa shape index (κ1) is 39.6. The molecule has 0 heterocycles.